The van der Waals surface area contributed by atoms with Crippen molar-refractivity contribution in [3.63, 3.8) is 0 Å². The topological polar surface area (TPSA) is 71.8 Å². The number of benzene rings is 1. The summed E-state index contributed by atoms with van der Waals surface area (Å²) in [7, 11) is 0. The van der Waals surface area contributed by atoms with Gasteiger partial charge in [0.25, 0.3) is 5.91 Å². The number of piperidine rings is 1. The first kappa shape index (κ1) is 18.4. The first-order chi connectivity index (χ1) is 12.8. The number of fused-ring (bicyclic) bond motifs is 1. The summed E-state index contributed by atoms with van der Waals surface area (Å²) in [6, 6.07) is 8.04. The Bertz CT molecular complexity index is 958. The Labute approximate surface area is 167 Å². The van der Waals surface area contributed by atoms with E-state index in [4.69, 9.17) is 4.98 Å². The fourth-order valence-electron chi connectivity index (χ4n) is 3.44. The lowest BCUT2D eigenvalue weighted by atomic mass is 10.1. The molecule has 0 radical (unpaired) electrons. The number of aromatic nitrogens is 3. The predicted octanol–water partition coefficient (Wildman–Crippen LogP) is 3.97. The van der Waals surface area contributed by atoms with Crippen LogP contribution < -0.4 is 10.6 Å². The Morgan fingerprint density at radius 1 is 1.26 bits per heavy atom. The molecule has 1 saturated heterocycles. The highest BCUT2D eigenvalue weighted by Gasteiger charge is 2.27. The Hall–Kier alpha value is -1.96. The number of anilines is 1. The Kier molecular flexibility index (Phi) is 5.16. The third-order valence-electron chi connectivity index (χ3n) is 5.08. The molecule has 1 saturated carbocycles. The van der Waals surface area contributed by atoms with Crippen LogP contribution >= 0.6 is 23.7 Å². The van der Waals surface area contributed by atoms with Gasteiger partial charge in [-0.3, -0.25) is 9.48 Å². The maximum Gasteiger partial charge on any atom is 0.276 e. The van der Waals surface area contributed by atoms with Crippen molar-refractivity contribution in [3.8, 4) is 0 Å². The highest BCUT2D eigenvalue weighted by atomic mass is 35.5. The van der Waals surface area contributed by atoms with Crippen LogP contribution in [0, 0.1) is 0 Å². The van der Waals surface area contributed by atoms with Gasteiger partial charge in [-0.15, -0.1) is 23.7 Å². The molecule has 8 heteroatoms. The van der Waals surface area contributed by atoms with Crippen LogP contribution in [0.4, 0.5) is 5.69 Å². The molecule has 3 aromatic rings. The molecule has 0 bridgehead atoms. The minimum Gasteiger partial charge on any atom is -0.321 e. The molecule has 5 rings (SSSR count). The molecular weight excluding hydrogens is 382 g/mol. The number of thiazole rings is 1. The van der Waals surface area contributed by atoms with Crippen LogP contribution in [-0.2, 0) is 0 Å². The van der Waals surface area contributed by atoms with Gasteiger partial charge in [0.15, 0.2) is 5.69 Å². The maximum atomic E-state index is 12.6. The number of hydrogen-bond acceptors (Lipinski definition) is 5. The van der Waals surface area contributed by atoms with Crippen LogP contribution in [0.5, 0.6) is 0 Å². The molecule has 6 nitrogen and oxygen atoms in total. The minimum atomic E-state index is -0.168. The monoisotopic (exact) mass is 403 g/mol. The summed E-state index contributed by atoms with van der Waals surface area (Å²) in [5, 5.41) is 12.1. The van der Waals surface area contributed by atoms with Gasteiger partial charge in [0.1, 0.15) is 0 Å². The van der Waals surface area contributed by atoms with Crippen LogP contribution in [0.3, 0.4) is 0 Å². The Morgan fingerprint density at radius 2 is 2.15 bits per heavy atom. The molecule has 1 aromatic carbocycles. The number of rotatable bonds is 4. The summed E-state index contributed by atoms with van der Waals surface area (Å²) in [5.41, 5.74) is 2.27. The number of carbonyl (C=O) groups excluding carboxylic acids is 1. The summed E-state index contributed by atoms with van der Waals surface area (Å²) in [6.45, 7) is 1.97. The fourth-order valence-corrected chi connectivity index (χ4v) is 4.62. The fraction of sp³-hybridized carbons (Fsp3) is 0.421. The zero-order valence-electron chi connectivity index (χ0n) is 14.9. The highest BCUT2D eigenvalue weighted by Crippen LogP contribution is 2.43. The van der Waals surface area contributed by atoms with Gasteiger partial charge in [-0.25, -0.2) is 4.98 Å². The van der Waals surface area contributed by atoms with Gasteiger partial charge >= 0.3 is 0 Å². The molecule has 2 aliphatic rings. The molecule has 2 N–H and O–H groups in total. The van der Waals surface area contributed by atoms with E-state index in [1.54, 1.807) is 17.4 Å². The first-order valence-corrected chi connectivity index (χ1v) is 10.1. The second kappa shape index (κ2) is 7.58. The predicted molar refractivity (Wildman–Crippen MR) is 110 cm³/mol. The number of nitrogens with zero attached hydrogens (tertiary/aromatic N) is 3. The van der Waals surface area contributed by atoms with Crippen molar-refractivity contribution in [2.45, 2.75) is 37.6 Å². The molecule has 0 spiro atoms. The van der Waals surface area contributed by atoms with Crippen molar-refractivity contribution < 1.29 is 4.79 Å². The van der Waals surface area contributed by atoms with E-state index < -0.39 is 0 Å². The van der Waals surface area contributed by atoms with Gasteiger partial charge in [0, 0.05) is 24.3 Å². The number of nitrogens with one attached hydrogen (secondary N) is 2. The number of hydrogen-bond donors (Lipinski definition) is 2. The van der Waals surface area contributed by atoms with Gasteiger partial charge in [-0.1, -0.05) is 0 Å². The van der Waals surface area contributed by atoms with E-state index in [1.807, 2.05) is 29.1 Å². The standard InChI is InChI=1S/C19H21N5OS.ClH/c25-18(16-7-9-24(23-16)14-2-1-8-20-11-14)21-13-5-6-15-17(10-13)26-19(22-15)12-3-4-12;/h5-7,9-10,12,14,20H,1-4,8,11H2,(H,21,25);1H. The van der Waals surface area contributed by atoms with Crippen LogP contribution in [-0.4, -0.2) is 33.8 Å². The quantitative estimate of drug-likeness (QED) is 0.691. The van der Waals surface area contributed by atoms with E-state index >= 15 is 0 Å². The van der Waals surface area contributed by atoms with Crippen molar-refractivity contribution in [1.82, 2.24) is 20.1 Å². The highest BCUT2D eigenvalue weighted by molar-refractivity contribution is 7.18. The van der Waals surface area contributed by atoms with Crippen molar-refractivity contribution in [2.24, 2.45) is 0 Å². The number of halogens is 1. The maximum absolute atomic E-state index is 12.6. The van der Waals surface area contributed by atoms with Crippen LogP contribution in [0.15, 0.2) is 30.5 Å². The van der Waals surface area contributed by atoms with Crippen molar-refractivity contribution in [3.05, 3.63) is 41.2 Å². The second-order valence-corrected chi connectivity index (χ2v) is 8.21. The van der Waals surface area contributed by atoms with Crippen molar-refractivity contribution in [1.29, 1.82) is 0 Å². The second-order valence-electron chi connectivity index (χ2n) is 7.14. The van der Waals surface area contributed by atoms with Gasteiger partial charge in [0.2, 0.25) is 0 Å². The molecule has 1 aliphatic carbocycles. The van der Waals surface area contributed by atoms with Gasteiger partial charge < -0.3 is 10.6 Å². The third-order valence-corrected chi connectivity index (χ3v) is 6.26. The lowest BCUT2D eigenvalue weighted by Gasteiger charge is -2.22. The lowest BCUT2D eigenvalue weighted by molar-refractivity contribution is 0.102. The zero-order chi connectivity index (χ0) is 17.5. The SMILES string of the molecule is Cl.O=C(Nc1ccc2nc(C3CC3)sc2c1)c1ccn(C2CCCNC2)n1. The molecular formula is C19H22ClN5OS. The van der Waals surface area contributed by atoms with Crippen molar-refractivity contribution >= 4 is 45.6 Å². The summed E-state index contributed by atoms with van der Waals surface area (Å²) in [5.74, 6) is 0.488. The largest absolute Gasteiger partial charge is 0.321 e. The van der Waals surface area contributed by atoms with Gasteiger partial charge in [-0.05, 0) is 56.5 Å². The third kappa shape index (κ3) is 3.85. The smallest absolute Gasteiger partial charge is 0.276 e. The van der Waals surface area contributed by atoms with Gasteiger partial charge in [0.05, 0.1) is 21.3 Å². The molecule has 142 valence electrons. The van der Waals surface area contributed by atoms with E-state index in [0.29, 0.717) is 17.7 Å². The minimum absolute atomic E-state index is 0. The van der Waals surface area contributed by atoms with E-state index in [9.17, 15) is 4.79 Å². The van der Waals surface area contributed by atoms with Gasteiger partial charge in [-0.2, -0.15) is 5.10 Å². The van der Waals surface area contributed by atoms with E-state index in [2.05, 4.69) is 15.7 Å². The van der Waals surface area contributed by atoms with E-state index in [0.717, 1.165) is 41.8 Å². The molecule has 2 fully saturated rings. The molecule has 1 unspecified atom stereocenters. The summed E-state index contributed by atoms with van der Waals surface area (Å²) >= 11 is 1.74. The zero-order valence-corrected chi connectivity index (χ0v) is 16.5. The number of amides is 1. The molecule has 27 heavy (non-hydrogen) atoms. The van der Waals surface area contributed by atoms with Crippen LogP contribution in [0.1, 0.15) is 53.1 Å². The van der Waals surface area contributed by atoms with Crippen LogP contribution in [0.2, 0.25) is 0 Å². The normalized spacial score (nSPS) is 19.6. The van der Waals surface area contributed by atoms with E-state index in [-0.39, 0.29) is 18.3 Å². The summed E-state index contributed by atoms with van der Waals surface area (Å²) in [6.07, 6.45) is 6.65. The van der Waals surface area contributed by atoms with E-state index in [1.165, 1.54) is 17.8 Å². The molecule has 1 amide bonds. The molecule has 3 heterocycles. The lowest BCUT2D eigenvalue weighted by Crippen LogP contribution is -2.32. The molecule has 1 aliphatic heterocycles. The average Bonchev–Trinajstić information content (AvgIpc) is 3.24. The van der Waals surface area contributed by atoms with Crippen molar-refractivity contribution in [2.75, 3.05) is 18.4 Å². The number of carbonyl (C=O) groups is 1. The Morgan fingerprint density at radius 3 is 2.93 bits per heavy atom. The van der Waals surface area contributed by atoms with Crippen LogP contribution in [0.25, 0.3) is 10.2 Å². The molecule has 2 aromatic heterocycles. The summed E-state index contributed by atoms with van der Waals surface area (Å²) in [4.78, 5) is 17.2. The average molecular weight is 404 g/mol. The summed E-state index contributed by atoms with van der Waals surface area (Å²) < 4.78 is 3.04. The Balaban J connectivity index is 0.00000180. The first-order valence-electron chi connectivity index (χ1n) is 9.24. The molecule has 1 atom stereocenters.